The van der Waals surface area contributed by atoms with Gasteiger partial charge in [0.2, 0.25) is 5.75 Å². The van der Waals surface area contributed by atoms with Crippen LogP contribution in [0.1, 0.15) is 18.1 Å². The van der Waals surface area contributed by atoms with E-state index >= 15 is 0 Å². The van der Waals surface area contributed by atoms with E-state index in [1.165, 1.54) is 16.8 Å². The third kappa shape index (κ3) is 4.30. The Bertz CT molecular complexity index is 730. The zero-order valence-electron chi connectivity index (χ0n) is 16.8. The zero-order chi connectivity index (χ0) is 19.2. The van der Waals surface area contributed by atoms with Gasteiger partial charge in [-0.25, -0.2) is 0 Å². The van der Waals surface area contributed by atoms with Gasteiger partial charge in [0.15, 0.2) is 11.5 Å². The highest BCUT2D eigenvalue weighted by Crippen LogP contribution is 2.38. The van der Waals surface area contributed by atoms with Crippen molar-refractivity contribution < 1.29 is 14.2 Å². The maximum atomic E-state index is 5.48. The van der Waals surface area contributed by atoms with Crippen molar-refractivity contribution in [2.45, 2.75) is 19.9 Å². The van der Waals surface area contributed by atoms with E-state index in [0.717, 1.165) is 39.1 Å². The highest BCUT2D eigenvalue weighted by Gasteiger charge is 2.20. The molecular weight excluding hydrogens is 340 g/mol. The predicted octanol–water partition coefficient (Wildman–Crippen LogP) is 3.60. The maximum Gasteiger partial charge on any atom is 0.203 e. The lowest BCUT2D eigenvalue weighted by molar-refractivity contribution is 0.248. The first-order valence-electron chi connectivity index (χ1n) is 9.54. The summed E-state index contributed by atoms with van der Waals surface area (Å²) in [6, 6.07) is 12.8. The topological polar surface area (TPSA) is 34.2 Å². The van der Waals surface area contributed by atoms with Gasteiger partial charge in [0.05, 0.1) is 21.3 Å². The van der Waals surface area contributed by atoms with Crippen molar-refractivity contribution in [3.63, 3.8) is 0 Å². The van der Waals surface area contributed by atoms with Crippen LogP contribution in [0.15, 0.2) is 36.4 Å². The Hall–Kier alpha value is -2.40. The first-order chi connectivity index (χ1) is 13.2. The molecule has 1 saturated heterocycles. The lowest BCUT2D eigenvalue weighted by Gasteiger charge is -2.37. The number of hydrogen-bond acceptors (Lipinski definition) is 5. The van der Waals surface area contributed by atoms with Gasteiger partial charge in [-0.15, -0.1) is 0 Å². The molecule has 0 aromatic heterocycles. The minimum Gasteiger partial charge on any atom is -0.493 e. The predicted molar refractivity (Wildman–Crippen MR) is 109 cm³/mol. The molecular formula is C22H30N2O3. The second-order valence-corrected chi connectivity index (χ2v) is 6.78. The fourth-order valence-corrected chi connectivity index (χ4v) is 3.75. The lowest BCUT2D eigenvalue weighted by atomic mass is 10.1. The van der Waals surface area contributed by atoms with E-state index in [9.17, 15) is 0 Å². The molecule has 0 spiro atoms. The molecule has 2 aromatic rings. The normalized spacial score (nSPS) is 14.9. The summed E-state index contributed by atoms with van der Waals surface area (Å²) < 4.78 is 16.4. The molecule has 1 heterocycles. The number of benzene rings is 2. The summed E-state index contributed by atoms with van der Waals surface area (Å²) in [5.41, 5.74) is 3.98. The second-order valence-electron chi connectivity index (χ2n) is 6.78. The number of methoxy groups -OCH3 is 3. The molecule has 1 aliphatic rings. The quantitative estimate of drug-likeness (QED) is 0.744. The second kappa shape index (κ2) is 9.00. The summed E-state index contributed by atoms with van der Waals surface area (Å²) >= 11 is 0. The van der Waals surface area contributed by atoms with E-state index in [1.54, 1.807) is 21.3 Å². The molecule has 0 N–H and O–H groups in total. The summed E-state index contributed by atoms with van der Waals surface area (Å²) in [4.78, 5) is 4.98. The molecule has 0 radical (unpaired) electrons. The van der Waals surface area contributed by atoms with Crippen molar-refractivity contribution >= 4 is 5.69 Å². The van der Waals surface area contributed by atoms with E-state index < -0.39 is 0 Å². The minimum atomic E-state index is 0.643. The van der Waals surface area contributed by atoms with Crippen LogP contribution in [-0.4, -0.2) is 52.4 Å². The number of anilines is 1. The van der Waals surface area contributed by atoms with Gasteiger partial charge in [-0.3, -0.25) is 4.90 Å². The van der Waals surface area contributed by atoms with Gasteiger partial charge in [0.25, 0.3) is 0 Å². The third-order valence-corrected chi connectivity index (χ3v) is 5.22. The summed E-state index contributed by atoms with van der Waals surface area (Å²) in [6.45, 7) is 7.26. The van der Waals surface area contributed by atoms with E-state index in [4.69, 9.17) is 14.2 Å². The molecule has 0 atom stereocenters. The fraction of sp³-hybridized carbons (Fsp3) is 0.455. The molecule has 1 fully saturated rings. The van der Waals surface area contributed by atoms with E-state index in [2.05, 4.69) is 41.0 Å². The number of hydrogen-bond donors (Lipinski definition) is 0. The monoisotopic (exact) mass is 370 g/mol. The van der Waals surface area contributed by atoms with Crippen LogP contribution < -0.4 is 19.1 Å². The Kier molecular flexibility index (Phi) is 6.45. The van der Waals surface area contributed by atoms with Crippen molar-refractivity contribution in [2.75, 3.05) is 52.4 Å². The summed E-state index contributed by atoms with van der Waals surface area (Å²) in [5.74, 6) is 2.06. The van der Waals surface area contributed by atoms with E-state index in [1.807, 2.05) is 12.1 Å². The van der Waals surface area contributed by atoms with Crippen LogP contribution in [0.25, 0.3) is 0 Å². The van der Waals surface area contributed by atoms with Gasteiger partial charge in [-0.1, -0.05) is 25.1 Å². The molecule has 5 heteroatoms. The number of para-hydroxylation sites is 1. The average Bonchev–Trinajstić information content (AvgIpc) is 2.73. The molecule has 0 saturated carbocycles. The van der Waals surface area contributed by atoms with E-state index in [0.29, 0.717) is 17.2 Å². The largest absolute Gasteiger partial charge is 0.493 e. The zero-order valence-corrected chi connectivity index (χ0v) is 16.8. The summed E-state index contributed by atoms with van der Waals surface area (Å²) in [5, 5.41) is 0. The van der Waals surface area contributed by atoms with E-state index in [-0.39, 0.29) is 0 Å². The van der Waals surface area contributed by atoms with Crippen molar-refractivity contribution in [1.29, 1.82) is 0 Å². The molecule has 3 rings (SSSR count). The van der Waals surface area contributed by atoms with Gasteiger partial charge in [-0.05, 0) is 35.7 Å². The highest BCUT2D eigenvalue weighted by molar-refractivity contribution is 5.55. The van der Waals surface area contributed by atoms with Gasteiger partial charge in [0.1, 0.15) is 0 Å². The molecule has 0 aliphatic carbocycles. The maximum absolute atomic E-state index is 5.48. The number of piperazine rings is 1. The minimum absolute atomic E-state index is 0.643. The number of rotatable bonds is 7. The van der Waals surface area contributed by atoms with Crippen LogP contribution in [0.5, 0.6) is 17.2 Å². The lowest BCUT2D eigenvalue weighted by Crippen LogP contribution is -2.46. The molecule has 0 unspecified atom stereocenters. The molecule has 1 aliphatic heterocycles. The first kappa shape index (κ1) is 19.4. The molecule has 0 amide bonds. The Morgan fingerprint density at radius 2 is 1.48 bits per heavy atom. The molecule has 0 bridgehead atoms. The number of ether oxygens (including phenoxy) is 3. The fourth-order valence-electron chi connectivity index (χ4n) is 3.75. The van der Waals surface area contributed by atoms with Crippen LogP contribution in [0.3, 0.4) is 0 Å². The number of aryl methyl sites for hydroxylation is 1. The highest BCUT2D eigenvalue weighted by atomic mass is 16.5. The summed E-state index contributed by atoms with van der Waals surface area (Å²) in [7, 11) is 4.95. The van der Waals surface area contributed by atoms with Crippen molar-refractivity contribution in [2.24, 2.45) is 0 Å². The standard InChI is InChI=1S/C22H30N2O3/c1-5-18-8-6-7-9-19(18)24-12-10-23(11-13-24)16-17-14-20(25-2)22(27-4)21(15-17)26-3/h6-9,14-15H,5,10-13,16H2,1-4H3. The van der Waals surface area contributed by atoms with Gasteiger partial charge in [0, 0.05) is 38.4 Å². The molecule has 5 nitrogen and oxygen atoms in total. The SMILES string of the molecule is CCc1ccccc1N1CCN(Cc2cc(OC)c(OC)c(OC)c2)CC1. The first-order valence-corrected chi connectivity index (χ1v) is 9.54. The van der Waals surface area contributed by atoms with Crippen LogP contribution in [0.4, 0.5) is 5.69 Å². The van der Waals surface area contributed by atoms with Gasteiger partial charge >= 0.3 is 0 Å². The average molecular weight is 370 g/mol. The van der Waals surface area contributed by atoms with Crippen molar-refractivity contribution in [1.82, 2.24) is 4.90 Å². The number of nitrogens with zero attached hydrogens (tertiary/aromatic N) is 2. The smallest absolute Gasteiger partial charge is 0.203 e. The van der Waals surface area contributed by atoms with Crippen LogP contribution in [-0.2, 0) is 13.0 Å². The Morgan fingerprint density at radius 3 is 2.04 bits per heavy atom. The Balaban J connectivity index is 1.67. The summed E-state index contributed by atoms with van der Waals surface area (Å²) in [6.07, 6.45) is 1.07. The van der Waals surface area contributed by atoms with Crippen molar-refractivity contribution in [3.8, 4) is 17.2 Å². The third-order valence-electron chi connectivity index (χ3n) is 5.22. The molecule has 27 heavy (non-hydrogen) atoms. The molecule has 2 aromatic carbocycles. The van der Waals surface area contributed by atoms with Gasteiger partial charge < -0.3 is 19.1 Å². The Morgan fingerprint density at radius 1 is 0.852 bits per heavy atom. The van der Waals surface area contributed by atoms with Crippen molar-refractivity contribution in [3.05, 3.63) is 47.5 Å². The van der Waals surface area contributed by atoms with Crippen LogP contribution in [0.2, 0.25) is 0 Å². The van der Waals surface area contributed by atoms with Crippen LogP contribution in [0, 0.1) is 0 Å². The van der Waals surface area contributed by atoms with Gasteiger partial charge in [-0.2, -0.15) is 0 Å². The Labute approximate surface area is 162 Å². The molecule has 146 valence electrons. The van der Waals surface area contributed by atoms with Crippen LogP contribution >= 0.6 is 0 Å².